The van der Waals surface area contributed by atoms with Crippen LogP contribution < -0.4 is 5.32 Å². The Morgan fingerprint density at radius 2 is 2.10 bits per heavy atom. The monoisotopic (exact) mass is 291 g/mol. The van der Waals surface area contributed by atoms with Gasteiger partial charge < -0.3 is 14.8 Å². The molecule has 0 amide bonds. The van der Waals surface area contributed by atoms with Gasteiger partial charge in [0, 0.05) is 18.3 Å². The summed E-state index contributed by atoms with van der Waals surface area (Å²) < 4.78 is 10.8. The van der Waals surface area contributed by atoms with E-state index in [1.807, 2.05) is 19.1 Å². The molecule has 1 fully saturated rings. The average molecular weight is 291 g/mol. The van der Waals surface area contributed by atoms with Crippen LogP contribution in [0.25, 0.3) is 0 Å². The van der Waals surface area contributed by atoms with Crippen molar-refractivity contribution in [3.63, 3.8) is 0 Å². The quantitative estimate of drug-likeness (QED) is 0.842. The summed E-state index contributed by atoms with van der Waals surface area (Å²) in [6, 6.07) is 7.89. The number of hydrogen-bond donors (Lipinski definition) is 1. The number of esters is 1. The Morgan fingerprint density at radius 3 is 2.71 bits per heavy atom. The first-order valence-electron chi connectivity index (χ1n) is 7.74. The molecule has 4 heteroatoms. The molecular formula is C17H25NO3. The van der Waals surface area contributed by atoms with Crippen LogP contribution in [0.5, 0.6) is 0 Å². The van der Waals surface area contributed by atoms with Crippen molar-refractivity contribution in [3.05, 3.63) is 29.8 Å². The van der Waals surface area contributed by atoms with Gasteiger partial charge in [-0.3, -0.25) is 0 Å². The highest BCUT2D eigenvalue weighted by Gasteiger charge is 2.31. The van der Waals surface area contributed by atoms with E-state index in [2.05, 4.69) is 19.2 Å². The second-order valence-electron chi connectivity index (χ2n) is 5.78. The van der Waals surface area contributed by atoms with Crippen molar-refractivity contribution in [2.24, 2.45) is 0 Å². The third-order valence-electron chi connectivity index (χ3n) is 4.11. The van der Waals surface area contributed by atoms with Crippen molar-refractivity contribution in [2.75, 3.05) is 18.5 Å². The lowest BCUT2D eigenvalue weighted by atomic mass is 9.90. The van der Waals surface area contributed by atoms with Crippen LogP contribution in [0.15, 0.2) is 24.3 Å². The summed E-state index contributed by atoms with van der Waals surface area (Å²) in [6.45, 7) is 7.34. The Hall–Kier alpha value is -1.55. The predicted octanol–water partition coefficient (Wildman–Crippen LogP) is 3.62. The van der Waals surface area contributed by atoms with Gasteiger partial charge in [-0.05, 0) is 57.4 Å². The highest BCUT2D eigenvalue weighted by molar-refractivity contribution is 5.89. The molecule has 1 N–H and O–H groups in total. The molecule has 0 radical (unpaired) electrons. The number of hydrogen-bond acceptors (Lipinski definition) is 4. The zero-order chi connectivity index (χ0) is 15.3. The first-order chi connectivity index (χ1) is 10.1. The van der Waals surface area contributed by atoms with Crippen LogP contribution in [-0.4, -0.2) is 30.8 Å². The van der Waals surface area contributed by atoms with Crippen LogP contribution >= 0.6 is 0 Å². The minimum atomic E-state index is -0.270. The summed E-state index contributed by atoms with van der Waals surface area (Å²) in [6.07, 6.45) is 3.03. The number of carbonyl (C=O) groups excluding carboxylic acids is 1. The van der Waals surface area contributed by atoms with Gasteiger partial charge in [0.15, 0.2) is 0 Å². The van der Waals surface area contributed by atoms with Gasteiger partial charge in [0.05, 0.1) is 17.8 Å². The van der Waals surface area contributed by atoms with Gasteiger partial charge in [0.1, 0.15) is 0 Å². The maximum absolute atomic E-state index is 11.6. The van der Waals surface area contributed by atoms with Crippen molar-refractivity contribution in [2.45, 2.75) is 51.7 Å². The molecule has 0 aromatic heterocycles. The van der Waals surface area contributed by atoms with Crippen molar-refractivity contribution in [1.29, 1.82) is 0 Å². The van der Waals surface area contributed by atoms with Gasteiger partial charge in [-0.15, -0.1) is 0 Å². The highest BCUT2D eigenvalue weighted by Crippen LogP contribution is 2.29. The van der Waals surface area contributed by atoms with Crippen molar-refractivity contribution in [1.82, 2.24) is 0 Å². The fourth-order valence-corrected chi connectivity index (χ4v) is 2.65. The summed E-state index contributed by atoms with van der Waals surface area (Å²) in [5.74, 6) is -0.270. The number of carbonyl (C=O) groups is 1. The van der Waals surface area contributed by atoms with Gasteiger partial charge in [-0.25, -0.2) is 4.79 Å². The van der Waals surface area contributed by atoms with E-state index in [0.717, 1.165) is 31.6 Å². The zero-order valence-electron chi connectivity index (χ0n) is 13.1. The Labute approximate surface area is 126 Å². The van der Waals surface area contributed by atoms with Crippen LogP contribution in [0, 0.1) is 0 Å². The minimum Gasteiger partial charge on any atom is -0.462 e. The highest BCUT2D eigenvalue weighted by atomic mass is 16.5. The molecule has 1 saturated heterocycles. The molecule has 0 bridgehead atoms. The van der Waals surface area contributed by atoms with Crippen LogP contribution in [0.1, 0.15) is 50.4 Å². The molecule has 1 aliphatic rings. The number of anilines is 1. The fraction of sp³-hybridized carbons (Fsp3) is 0.588. The maximum atomic E-state index is 11.6. The lowest BCUT2D eigenvalue weighted by molar-refractivity contribution is -0.0708. The Bertz CT molecular complexity index is 471. The number of benzene rings is 1. The van der Waals surface area contributed by atoms with E-state index in [-0.39, 0.29) is 11.6 Å². The average Bonchev–Trinajstić information content (AvgIpc) is 2.48. The van der Waals surface area contributed by atoms with E-state index in [1.165, 1.54) is 0 Å². The van der Waals surface area contributed by atoms with Crippen LogP contribution in [0.4, 0.5) is 5.69 Å². The minimum absolute atomic E-state index is 0.0270. The number of nitrogens with one attached hydrogen (secondary N) is 1. The Kier molecular flexibility index (Phi) is 5.23. The Balaban J connectivity index is 1.95. The molecule has 0 spiro atoms. The van der Waals surface area contributed by atoms with E-state index < -0.39 is 0 Å². The van der Waals surface area contributed by atoms with Crippen molar-refractivity contribution < 1.29 is 14.3 Å². The van der Waals surface area contributed by atoms with E-state index >= 15 is 0 Å². The zero-order valence-corrected chi connectivity index (χ0v) is 13.1. The molecule has 0 saturated carbocycles. The molecule has 4 nitrogen and oxygen atoms in total. The van der Waals surface area contributed by atoms with Gasteiger partial charge in [-0.1, -0.05) is 6.92 Å². The van der Waals surface area contributed by atoms with E-state index in [0.29, 0.717) is 18.2 Å². The molecule has 116 valence electrons. The number of ether oxygens (including phenoxy) is 2. The second kappa shape index (κ2) is 6.94. The summed E-state index contributed by atoms with van der Waals surface area (Å²) in [5, 5.41) is 3.54. The summed E-state index contributed by atoms with van der Waals surface area (Å²) in [7, 11) is 0. The van der Waals surface area contributed by atoms with Gasteiger partial charge in [0.2, 0.25) is 0 Å². The van der Waals surface area contributed by atoms with Crippen LogP contribution in [0.2, 0.25) is 0 Å². The van der Waals surface area contributed by atoms with E-state index in [4.69, 9.17) is 9.47 Å². The van der Waals surface area contributed by atoms with Gasteiger partial charge >= 0.3 is 5.97 Å². The third-order valence-corrected chi connectivity index (χ3v) is 4.11. The molecule has 2 unspecified atom stereocenters. The summed E-state index contributed by atoms with van der Waals surface area (Å²) >= 11 is 0. The third kappa shape index (κ3) is 4.21. The lowest BCUT2D eigenvalue weighted by Gasteiger charge is -2.38. The maximum Gasteiger partial charge on any atom is 0.338 e. The predicted molar refractivity (Wildman–Crippen MR) is 83.7 cm³/mol. The van der Waals surface area contributed by atoms with Crippen molar-refractivity contribution in [3.8, 4) is 0 Å². The van der Waals surface area contributed by atoms with E-state index in [9.17, 15) is 4.79 Å². The summed E-state index contributed by atoms with van der Waals surface area (Å²) in [4.78, 5) is 11.6. The molecule has 1 heterocycles. The first-order valence-corrected chi connectivity index (χ1v) is 7.74. The molecule has 1 aromatic rings. The first kappa shape index (κ1) is 15.8. The SMILES string of the molecule is CCOC(=O)c1ccc(NC2CCOC(C)(CC)C2)cc1. The molecule has 2 rings (SSSR count). The lowest BCUT2D eigenvalue weighted by Crippen LogP contribution is -2.41. The molecular weight excluding hydrogens is 266 g/mol. The smallest absolute Gasteiger partial charge is 0.338 e. The molecule has 21 heavy (non-hydrogen) atoms. The molecule has 1 aliphatic heterocycles. The van der Waals surface area contributed by atoms with Crippen LogP contribution in [0.3, 0.4) is 0 Å². The molecule has 2 atom stereocenters. The fourth-order valence-electron chi connectivity index (χ4n) is 2.65. The topological polar surface area (TPSA) is 47.6 Å². The van der Waals surface area contributed by atoms with Gasteiger partial charge in [-0.2, -0.15) is 0 Å². The largest absolute Gasteiger partial charge is 0.462 e. The normalized spacial score (nSPS) is 25.4. The summed E-state index contributed by atoms with van der Waals surface area (Å²) in [5.41, 5.74) is 1.60. The van der Waals surface area contributed by atoms with Crippen molar-refractivity contribution >= 4 is 11.7 Å². The van der Waals surface area contributed by atoms with E-state index in [1.54, 1.807) is 12.1 Å². The van der Waals surface area contributed by atoms with Crippen LogP contribution in [-0.2, 0) is 9.47 Å². The molecule has 0 aliphatic carbocycles. The standard InChI is InChI=1S/C17H25NO3/c1-4-17(3)12-15(10-11-21-17)18-14-8-6-13(7-9-14)16(19)20-5-2/h6-9,15,18H,4-5,10-12H2,1-3H3. The number of rotatable bonds is 5. The van der Waals surface area contributed by atoms with Gasteiger partial charge in [0.25, 0.3) is 0 Å². The molecule has 1 aromatic carbocycles. The Morgan fingerprint density at radius 1 is 1.38 bits per heavy atom. The second-order valence-corrected chi connectivity index (χ2v) is 5.78.